The highest BCUT2D eigenvalue weighted by Gasteiger charge is 2.55. The number of aromatic nitrogens is 1. The number of ether oxygens (including phenoxy) is 2. The normalized spacial score (nSPS) is 35.2. The molecule has 1 unspecified atom stereocenters. The van der Waals surface area contributed by atoms with E-state index in [2.05, 4.69) is 4.57 Å². The first-order valence-electron chi connectivity index (χ1n) is 11.4. The van der Waals surface area contributed by atoms with Gasteiger partial charge >= 0.3 is 5.97 Å². The average molecular weight is 400 g/mol. The number of esters is 1. The number of ketones is 1. The van der Waals surface area contributed by atoms with Gasteiger partial charge in [0.25, 0.3) is 0 Å². The predicted molar refractivity (Wildman–Crippen MR) is 109 cm³/mol. The Morgan fingerprint density at radius 2 is 1.79 bits per heavy atom. The van der Waals surface area contributed by atoms with Crippen LogP contribution in [-0.4, -0.2) is 35.6 Å². The molecule has 6 rings (SSSR count). The molecule has 4 saturated carbocycles. The highest BCUT2D eigenvalue weighted by atomic mass is 16.5. The Labute approximate surface area is 173 Å². The molecule has 1 saturated heterocycles. The first-order valence-corrected chi connectivity index (χ1v) is 11.4. The summed E-state index contributed by atoms with van der Waals surface area (Å²) in [7, 11) is 0. The Hall–Kier alpha value is -1.62. The van der Waals surface area contributed by atoms with E-state index in [-0.39, 0.29) is 29.9 Å². The first kappa shape index (κ1) is 19.3. The van der Waals surface area contributed by atoms with Crippen LogP contribution in [0.25, 0.3) is 0 Å². The van der Waals surface area contributed by atoms with Gasteiger partial charge in [-0.3, -0.25) is 9.59 Å². The molecule has 1 aliphatic heterocycles. The van der Waals surface area contributed by atoms with Gasteiger partial charge in [0.1, 0.15) is 0 Å². The van der Waals surface area contributed by atoms with E-state index in [1.807, 2.05) is 19.9 Å². The Bertz CT molecular complexity index is 782. The van der Waals surface area contributed by atoms with E-state index in [1.54, 1.807) is 0 Å². The second-order valence-electron chi connectivity index (χ2n) is 10.2. The summed E-state index contributed by atoms with van der Waals surface area (Å²) in [5.41, 5.74) is 2.40. The summed E-state index contributed by atoms with van der Waals surface area (Å²) in [6.07, 6.45) is 9.22. The predicted octanol–water partition coefficient (Wildman–Crippen LogP) is 4.23. The summed E-state index contributed by atoms with van der Waals surface area (Å²) in [4.78, 5) is 25.9. The summed E-state index contributed by atoms with van der Waals surface area (Å²) in [5, 5.41) is 0. The molecule has 1 aromatic heterocycles. The van der Waals surface area contributed by atoms with Crippen LogP contribution in [0.5, 0.6) is 0 Å². The number of aryl methyl sites for hydroxylation is 1. The molecule has 4 bridgehead atoms. The topological polar surface area (TPSA) is 57.5 Å². The number of carbonyl (C=O) groups excluding carboxylic acids is 2. The minimum Gasteiger partial charge on any atom is -0.457 e. The minimum absolute atomic E-state index is 0.0882. The van der Waals surface area contributed by atoms with Gasteiger partial charge in [-0.2, -0.15) is 0 Å². The highest BCUT2D eigenvalue weighted by molar-refractivity contribution is 5.99. The van der Waals surface area contributed by atoms with Gasteiger partial charge in [-0.15, -0.1) is 0 Å². The van der Waals surface area contributed by atoms with Gasteiger partial charge in [-0.1, -0.05) is 0 Å². The van der Waals surface area contributed by atoms with Crippen molar-refractivity contribution in [3.05, 3.63) is 23.0 Å². The lowest BCUT2D eigenvalue weighted by Crippen LogP contribution is -2.50. The van der Waals surface area contributed by atoms with E-state index < -0.39 is 0 Å². The highest BCUT2D eigenvalue weighted by Crippen LogP contribution is 2.60. The molecule has 5 nitrogen and oxygen atoms in total. The maximum atomic E-state index is 13.0. The Balaban J connectivity index is 1.24. The van der Waals surface area contributed by atoms with E-state index in [1.165, 1.54) is 19.3 Å². The fraction of sp³-hybridized carbons (Fsp3) is 0.750. The summed E-state index contributed by atoms with van der Waals surface area (Å²) in [6.45, 7) is 5.50. The van der Waals surface area contributed by atoms with E-state index in [4.69, 9.17) is 9.47 Å². The van der Waals surface area contributed by atoms with Gasteiger partial charge in [-0.25, -0.2) is 0 Å². The zero-order valence-electron chi connectivity index (χ0n) is 17.7. The van der Waals surface area contributed by atoms with E-state index in [0.717, 1.165) is 56.6 Å². The van der Waals surface area contributed by atoms with Gasteiger partial charge < -0.3 is 14.0 Å². The molecule has 5 fully saturated rings. The molecule has 0 N–H and O–H groups in total. The molecule has 0 radical (unpaired) electrons. The quantitative estimate of drug-likeness (QED) is 0.531. The van der Waals surface area contributed by atoms with E-state index >= 15 is 0 Å². The SMILES string of the molecule is Cc1cc(C(=O)COC(=O)C23CC4CC(CC(C4)C2)C3)c(C)n1CC1CCCO1. The Morgan fingerprint density at radius 3 is 2.38 bits per heavy atom. The van der Waals surface area contributed by atoms with Gasteiger partial charge in [0, 0.05) is 30.1 Å². The molecule has 1 aromatic rings. The van der Waals surface area contributed by atoms with E-state index in [9.17, 15) is 9.59 Å². The average Bonchev–Trinajstić information content (AvgIpc) is 3.28. The number of Topliss-reactive ketones (excluding diaryl/α,β-unsaturated/α-hetero) is 1. The molecular formula is C24H33NO4. The van der Waals surface area contributed by atoms with Crippen molar-refractivity contribution in [2.45, 2.75) is 77.9 Å². The van der Waals surface area contributed by atoms with Gasteiger partial charge in [0.15, 0.2) is 6.61 Å². The Morgan fingerprint density at radius 1 is 1.14 bits per heavy atom. The van der Waals surface area contributed by atoms with Crippen LogP contribution in [-0.2, 0) is 20.8 Å². The third-order valence-electron chi connectivity index (χ3n) is 8.09. The minimum atomic E-state index is -0.300. The molecular weight excluding hydrogens is 366 g/mol. The second kappa shape index (κ2) is 7.26. The number of nitrogens with zero attached hydrogens (tertiary/aromatic N) is 1. The zero-order chi connectivity index (χ0) is 20.2. The van der Waals surface area contributed by atoms with Crippen molar-refractivity contribution in [2.75, 3.05) is 13.2 Å². The summed E-state index contributed by atoms with van der Waals surface area (Å²) in [6, 6.07) is 1.94. The maximum Gasteiger partial charge on any atom is 0.312 e. The molecule has 29 heavy (non-hydrogen) atoms. The molecule has 0 spiro atoms. The number of rotatable bonds is 6. The molecule has 0 amide bonds. The van der Waals surface area contributed by atoms with Crippen LogP contribution in [0.3, 0.4) is 0 Å². The van der Waals surface area contributed by atoms with Crippen LogP contribution in [0.4, 0.5) is 0 Å². The van der Waals surface area contributed by atoms with Crippen LogP contribution in [0.1, 0.15) is 73.1 Å². The molecule has 2 heterocycles. The zero-order valence-corrected chi connectivity index (χ0v) is 17.7. The van der Waals surface area contributed by atoms with Crippen molar-refractivity contribution < 1.29 is 19.1 Å². The Kier molecular flexibility index (Phi) is 4.84. The monoisotopic (exact) mass is 399 g/mol. The number of hydrogen-bond donors (Lipinski definition) is 0. The first-order chi connectivity index (χ1) is 13.9. The van der Waals surface area contributed by atoms with Crippen LogP contribution < -0.4 is 0 Å². The smallest absolute Gasteiger partial charge is 0.312 e. The third kappa shape index (κ3) is 3.45. The van der Waals surface area contributed by atoms with Crippen LogP contribution in [0.2, 0.25) is 0 Å². The van der Waals surface area contributed by atoms with Crippen molar-refractivity contribution >= 4 is 11.8 Å². The lowest BCUT2D eigenvalue weighted by Gasteiger charge is -2.55. The molecule has 1 atom stereocenters. The van der Waals surface area contributed by atoms with Crippen LogP contribution in [0, 0.1) is 37.0 Å². The van der Waals surface area contributed by atoms with Crippen LogP contribution >= 0.6 is 0 Å². The lowest BCUT2D eigenvalue weighted by molar-refractivity contribution is -0.170. The van der Waals surface area contributed by atoms with E-state index in [0.29, 0.717) is 23.3 Å². The van der Waals surface area contributed by atoms with Crippen molar-refractivity contribution in [2.24, 2.45) is 23.2 Å². The van der Waals surface area contributed by atoms with Crippen LogP contribution in [0.15, 0.2) is 6.07 Å². The lowest BCUT2D eigenvalue weighted by atomic mass is 9.49. The second-order valence-corrected chi connectivity index (χ2v) is 10.2. The molecule has 5 aliphatic rings. The van der Waals surface area contributed by atoms with Gasteiger partial charge in [-0.05, 0) is 89.0 Å². The maximum absolute atomic E-state index is 13.0. The van der Waals surface area contributed by atoms with Gasteiger partial charge in [0.05, 0.1) is 11.5 Å². The molecule has 4 aliphatic carbocycles. The number of carbonyl (C=O) groups is 2. The molecule has 158 valence electrons. The van der Waals surface area contributed by atoms with Gasteiger partial charge in [0.2, 0.25) is 5.78 Å². The standard InChI is InChI=1S/C24H33NO4/c1-15-6-21(16(2)25(15)13-20-4-3-5-28-20)22(26)14-29-23(27)24-10-17-7-18(11-24)9-19(8-17)12-24/h6,17-20H,3-5,7-14H2,1-2H3. The summed E-state index contributed by atoms with van der Waals surface area (Å²) < 4.78 is 13.6. The fourth-order valence-corrected chi connectivity index (χ4v) is 7.08. The van der Waals surface area contributed by atoms with Crippen molar-refractivity contribution in [3.8, 4) is 0 Å². The van der Waals surface area contributed by atoms with Crippen molar-refractivity contribution in [1.82, 2.24) is 4.57 Å². The van der Waals surface area contributed by atoms with Crippen molar-refractivity contribution in [1.29, 1.82) is 0 Å². The summed E-state index contributed by atoms with van der Waals surface area (Å²) >= 11 is 0. The van der Waals surface area contributed by atoms with Crippen molar-refractivity contribution in [3.63, 3.8) is 0 Å². The summed E-state index contributed by atoms with van der Waals surface area (Å²) in [5.74, 6) is 1.89. The molecule has 5 heteroatoms. The number of hydrogen-bond acceptors (Lipinski definition) is 4. The fourth-order valence-electron chi connectivity index (χ4n) is 7.08. The molecule has 0 aromatic carbocycles. The largest absolute Gasteiger partial charge is 0.457 e. The third-order valence-corrected chi connectivity index (χ3v) is 8.09.